The minimum Gasteiger partial charge on any atom is -0.322 e. The van der Waals surface area contributed by atoms with Crippen LogP contribution >= 0.6 is 0 Å². The summed E-state index contributed by atoms with van der Waals surface area (Å²) in [6.45, 7) is 4.27. The molecule has 2 aliphatic rings. The molecule has 1 aromatic heterocycles. The number of halogens is 2. The summed E-state index contributed by atoms with van der Waals surface area (Å²) in [4.78, 5) is 12.7. The second kappa shape index (κ2) is 6.04. The second-order valence-corrected chi connectivity index (χ2v) is 7.30. The molecule has 6 heteroatoms. The molecule has 2 atom stereocenters. The number of aromatic nitrogens is 2. The number of hydrogen-bond acceptors (Lipinski definition) is 2. The van der Waals surface area contributed by atoms with Crippen molar-refractivity contribution in [1.82, 2.24) is 9.78 Å². The minimum absolute atomic E-state index is 0.0781. The molecule has 2 aromatic rings. The van der Waals surface area contributed by atoms with Gasteiger partial charge >= 0.3 is 0 Å². The van der Waals surface area contributed by atoms with Gasteiger partial charge in [0, 0.05) is 30.8 Å². The maximum Gasteiger partial charge on any atom is 0.282 e. The first-order chi connectivity index (χ1) is 12.4. The molecular formula is C20H21F2N3O. The number of hydrogen-bond donors (Lipinski definition) is 1. The highest BCUT2D eigenvalue weighted by atomic mass is 19.3. The van der Waals surface area contributed by atoms with Crippen LogP contribution in [0.25, 0.3) is 0 Å². The van der Waals surface area contributed by atoms with Gasteiger partial charge in [0.25, 0.3) is 12.3 Å². The standard InChI is InChI=1S/C20H21F2N3O/c1-10(2)16-12-7-8-13(16)17-11(12)5-4-6-15(17)23-20(26)14-9-25(3)24-18(14)19(21)22/h4-6,9,12-13,19H,7-8H2,1-3H3,(H,23,26). The van der Waals surface area contributed by atoms with Gasteiger partial charge in [-0.25, -0.2) is 8.78 Å². The molecule has 0 radical (unpaired) electrons. The summed E-state index contributed by atoms with van der Waals surface area (Å²) >= 11 is 0. The van der Waals surface area contributed by atoms with Gasteiger partial charge in [0.05, 0.1) is 5.56 Å². The third-order valence-electron chi connectivity index (χ3n) is 5.49. The van der Waals surface area contributed by atoms with Crippen molar-refractivity contribution in [1.29, 1.82) is 0 Å². The fraction of sp³-hybridized carbons (Fsp3) is 0.400. The van der Waals surface area contributed by atoms with Crippen LogP contribution < -0.4 is 5.32 Å². The predicted octanol–water partition coefficient (Wildman–Crippen LogP) is 4.92. The number of alkyl halides is 2. The molecule has 136 valence electrons. The van der Waals surface area contributed by atoms with E-state index in [1.807, 2.05) is 12.1 Å². The smallest absolute Gasteiger partial charge is 0.282 e. The molecule has 4 nitrogen and oxygen atoms in total. The number of carbonyl (C=O) groups is 1. The minimum atomic E-state index is -2.79. The molecule has 1 saturated carbocycles. The molecule has 0 aliphatic heterocycles. The molecular weight excluding hydrogens is 336 g/mol. The largest absolute Gasteiger partial charge is 0.322 e. The number of anilines is 1. The third kappa shape index (κ3) is 2.47. The lowest BCUT2D eigenvalue weighted by atomic mass is 9.90. The number of nitrogens with zero attached hydrogens (tertiary/aromatic N) is 2. The van der Waals surface area contributed by atoms with E-state index in [-0.39, 0.29) is 5.56 Å². The number of benzene rings is 1. The van der Waals surface area contributed by atoms with Crippen molar-refractivity contribution in [3.05, 3.63) is 57.9 Å². The zero-order valence-corrected chi connectivity index (χ0v) is 15.0. The van der Waals surface area contributed by atoms with Crippen LogP contribution in [0.2, 0.25) is 0 Å². The van der Waals surface area contributed by atoms with Gasteiger partial charge in [-0.15, -0.1) is 0 Å². The summed E-state index contributed by atoms with van der Waals surface area (Å²) in [6, 6.07) is 5.90. The summed E-state index contributed by atoms with van der Waals surface area (Å²) < 4.78 is 27.6. The van der Waals surface area contributed by atoms with Crippen LogP contribution in [0.15, 0.2) is 35.5 Å². The highest BCUT2D eigenvalue weighted by molar-refractivity contribution is 6.05. The van der Waals surface area contributed by atoms with Crippen LogP contribution in [-0.4, -0.2) is 15.7 Å². The summed E-state index contributed by atoms with van der Waals surface area (Å²) in [5.74, 6) is 0.204. The highest BCUT2D eigenvalue weighted by Gasteiger charge is 2.43. The molecule has 2 unspecified atom stereocenters. The van der Waals surface area contributed by atoms with Crippen molar-refractivity contribution in [2.45, 2.75) is 45.0 Å². The number of allylic oxidation sites excluding steroid dienone is 2. The van der Waals surface area contributed by atoms with Crippen LogP contribution in [0.1, 0.15) is 72.1 Å². The number of carbonyl (C=O) groups excluding carboxylic acids is 1. The molecule has 2 aliphatic carbocycles. The fourth-order valence-corrected chi connectivity index (χ4v) is 4.62. The topological polar surface area (TPSA) is 46.9 Å². The Hall–Kier alpha value is -2.50. The molecule has 1 heterocycles. The van der Waals surface area contributed by atoms with Crippen molar-refractivity contribution in [3.63, 3.8) is 0 Å². The van der Waals surface area contributed by atoms with Gasteiger partial charge in [0.15, 0.2) is 0 Å². The average Bonchev–Trinajstić information content (AvgIpc) is 3.26. The number of aryl methyl sites for hydroxylation is 1. The fourth-order valence-electron chi connectivity index (χ4n) is 4.62. The Labute approximate surface area is 150 Å². The van der Waals surface area contributed by atoms with E-state index in [1.165, 1.54) is 34.6 Å². The Morgan fingerprint density at radius 2 is 2.00 bits per heavy atom. The molecule has 4 rings (SSSR count). The summed E-state index contributed by atoms with van der Waals surface area (Å²) in [6.07, 6.45) is 0.758. The molecule has 1 amide bonds. The number of amides is 1. The first-order valence-electron chi connectivity index (χ1n) is 8.81. The summed E-state index contributed by atoms with van der Waals surface area (Å²) in [5.41, 5.74) is 5.36. The normalized spacial score (nSPS) is 20.6. The molecule has 0 spiro atoms. The molecule has 1 N–H and O–H groups in total. The Balaban J connectivity index is 1.71. The van der Waals surface area contributed by atoms with Crippen molar-refractivity contribution in [3.8, 4) is 0 Å². The number of rotatable bonds is 3. The average molecular weight is 357 g/mol. The monoisotopic (exact) mass is 357 g/mol. The zero-order chi connectivity index (χ0) is 18.6. The van der Waals surface area contributed by atoms with Crippen molar-refractivity contribution in [2.24, 2.45) is 7.05 Å². The maximum absolute atomic E-state index is 13.2. The zero-order valence-electron chi connectivity index (χ0n) is 15.0. The molecule has 1 aromatic carbocycles. The van der Waals surface area contributed by atoms with Gasteiger partial charge in [-0.05, 0) is 43.9 Å². The Kier molecular flexibility index (Phi) is 3.93. The quantitative estimate of drug-likeness (QED) is 0.793. The molecule has 2 bridgehead atoms. The number of fused-ring (bicyclic) bond motifs is 5. The maximum atomic E-state index is 13.2. The van der Waals surface area contributed by atoms with Gasteiger partial charge in [0.1, 0.15) is 5.69 Å². The van der Waals surface area contributed by atoms with Crippen LogP contribution in [0, 0.1) is 0 Å². The van der Waals surface area contributed by atoms with Crippen molar-refractivity contribution < 1.29 is 13.6 Å². The molecule has 1 fully saturated rings. The Morgan fingerprint density at radius 1 is 1.27 bits per heavy atom. The number of nitrogens with one attached hydrogen (secondary N) is 1. The lowest BCUT2D eigenvalue weighted by Crippen LogP contribution is -2.16. The van der Waals surface area contributed by atoms with Gasteiger partial charge < -0.3 is 5.32 Å². The van der Waals surface area contributed by atoms with Crippen molar-refractivity contribution in [2.75, 3.05) is 5.32 Å². The third-order valence-corrected chi connectivity index (χ3v) is 5.49. The van der Waals surface area contributed by atoms with Crippen LogP contribution in [0.5, 0.6) is 0 Å². The Bertz CT molecular complexity index is 925. The van der Waals surface area contributed by atoms with Gasteiger partial charge in [-0.1, -0.05) is 23.3 Å². The van der Waals surface area contributed by atoms with E-state index in [1.54, 1.807) is 0 Å². The predicted molar refractivity (Wildman–Crippen MR) is 95.7 cm³/mol. The van der Waals surface area contributed by atoms with Crippen LogP contribution in [0.3, 0.4) is 0 Å². The second-order valence-electron chi connectivity index (χ2n) is 7.30. The molecule has 26 heavy (non-hydrogen) atoms. The first kappa shape index (κ1) is 16.9. The van der Waals surface area contributed by atoms with E-state index >= 15 is 0 Å². The van der Waals surface area contributed by atoms with Crippen LogP contribution in [0.4, 0.5) is 14.5 Å². The van der Waals surface area contributed by atoms with E-state index in [9.17, 15) is 13.6 Å². The van der Waals surface area contributed by atoms with E-state index in [4.69, 9.17) is 0 Å². The van der Waals surface area contributed by atoms with E-state index in [0.29, 0.717) is 11.8 Å². The first-order valence-corrected chi connectivity index (χ1v) is 8.81. The highest BCUT2D eigenvalue weighted by Crippen LogP contribution is 2.59. The summed E-state index contributed by atoms with van der Waals surface area (Å²) in [5, 5.41) is 6.58. The van der Waals surface area contributed by atoms with E-state index in [0.717, 1.165) is 24.1 Å². The van der Waals surface area contributed by atoms with Crippen LogP contribution in [-0.2, 0) is 7.05 Å². The molecule has 0 saturated heterocycles. The van der Waals surface area contributed by atoms with Gasteiger partial charge in [-0.3, -0.25) is 9.48 Å². The lowest BCUT2D eigenvalue weighted by Gasteiger charge is -2.18. The summed E-state index contributed by atoms with van der Waals surface area (Å²) in [7, 11) is 1.53. The van der Waals surface area contributed by atoms with Gasteiger partial charge in [0.2, 0.25) is 0 Å². The Morgan fingerprint density at radius 3 is 2.69 bits per heavy atom. The van der Waals surface area contributed by atoms with Gasteiger partial charge in [-0.2, -0.15) is 5.10 Å². The van der Waals surface area contributed by atoms with E-state index in [2.05, 4.69) is 30.3 Å². The lowest BCUT2D eigenvalue weighted by molar-refractivity contribution is 0.101. The van der Waals surface area contributed by atoms with Crippen molar-refractivity contribution >= 4 is 11.6 Å². The SMILES string of the molecule is CC(C)=C1C2CCC1c1c(NC(=O)c3cn(C)nc3C(F)F)cccc12. The van der Waals surface area contributed by atoms with E-state index < -0.39 is 18.0 Å².